The standard InChI is InChI=1S/C34H39FN4O8/c1-7-44-30(40)23-17-16-22(37-38-23)26-27(32(42)45-8-2)24(19-20-12-14-21(35)15-13-20)36-29(28(26)33(43)46-9-3)39-18-10-11-25(39)31(41)47-34(4,5)6/h12-17,25H,7-11,18-19H2,1-6H3/t25-/m0/s1. The molecule has 1 aliphatic heterocycles. The number of hydrogen-bond donors (Lipinski definition) is 0. The van der Waals surface area contributed by atoms with Crippen LogP contribution in [0, 0.1) is 5.82 Å². The molecule has 0 spiro atoms. The smallest absolute Gasteiger partial charge is 0.358 e. The summed E-state index contributed by atoms with van der Waals surface area (Å²) in [6.07, 6.45) is 1.04. The quantitative estimate of drug-likeness (QED) is 0.201. The molecular weight excluding hydrogens is 611 g/mol. The third kappa shape index (κ3) is 8.27. The van der Waals surface area contributed by atoms with E-state index in [4.69, 9.17) is 23.9 Å². The number of carbonyl (C=O) groups is 4. The number of pyridine rings is 1. The summed E-state index contributed by atoms with van der Waals surface area (Å²) in [5.74, 6) is -3.19. The van der Waals surface area contributed by atoms with Crippen molar-refractivity contribution in [2.24, 2.45) is 0 Å². The SMILES string of the molecule is CCOC(=O)c1ccc(-c2c(C(=O)OCC)c(Cc3ccc(F)cc3)nc(N3CCC[C@H]3C(=O)OC(C)(C)C)c2C(=O)OCC)nn1. The Morgan fingerprint density at radius 2 is 1.47 bits per heavy atom. The van der Waals surface area contributed by atoms with Gasteiger partial charge in [0.05, 0.1) is 36.8 Å². The molecule has 1 atom stereocenters. The maximum Gasteiger partial charge on any atom is 0.358 e. The first-order valence-electron chi connectivity index (χ1n) is 15.5. The number of rotatable bonds is 11. The minimum absolute atomic E-state index is 0.00163. The van der Waals surface area contributed by atoms with Crippen molar-refractivity contribution in [3.63, 3.8) is 0 Å². The summed E-state index contributed by atoms with van der Waals surface area (Å²) >= 11 is 0. The van der Waals surface area contributed by atoms with Gasteiger partial charge < -0.3 is 23.8 Å². The number of ether oxygens (including phenoxy) is 4. The van der Waals surface area contributed by atoms with Crippen molar-refractivity contribution >= 4 is 29.7 Å². The fraction of sp³-hybridized carbons (Fsp3) is 0.441. The van der Waals surface area contributed by atoms with Crippen molar-refractivity contribution in [3.05, 3.63) is 70.3 Å². The highest BCUT2D eigenvalue weighted by atomic mass is 19.1. The van der Waals surface area contributed by atoms with Crippen molar-refractivity contribution in [2.75, 3.05) is 31.3 Å². The fourth-order valence-electron chi connectivity index (χ4n) is 5.24. The van der Waals surface area contributed by atoms with E-state index in [9.17, 15) is 23.6 Å². The van der Waals surface area contributed by atoms with Gasteiger partial charge in [-0.05, 0) is 84.2 Å². The number of halogens is 1. The number of aromatic nitrogens is 3. The molecule has 0 radical (unpaired) electrons. The molecule has 1 aromatic carbocycles. The van der Waals surface area contributed by atoms with Gasteiger partial charge in [-0.15, -0.1) is 10.2 Å². The molecule has 47 heavy (non-hydrogen) atoms. The van der Waals surface area contributed by atoms with Crippen LogP contribution in [0.2, 0.25) is 0 Å². The average molecular weight is 651 g/mol. The van der Waals surface area contributed by atoms with E-state index >= 15 is 0 Å². The van der Waals surface area contributed by atoms with Gasteiger partial charge in [0.1, 0.15) is 28.8 Å². The number of hydrogen-bond acceptors (Lipinski definition) is 12. The number of esters is 4. The van der Waals surface area contributed by atoms with Gasteiger partial charge in [-0.2, -0.15) is 0 Å². The van der Waals surface area contributed by atoms with Gasteiger partial charge in [0, 0.05) is 18.5 Å². The second kappa shape index (κ2) is 15.1. The first-order chi connectivity index (χ1) is 22.4. The van der Waals surface area contributed by atoms with E-state index in [1.165, 1.54) is 24.3 Å². The average Bonchev–Trinajstić information content (AvgIpc) is 3.51. The van der Waals surface area contributed by atoms with Crippen molar-refractivity contribution in [1.29, 1.82) is 0 Å². The van der Waals surface area contributed by atoms with Crippen LogP contribution >= 0.6 is 0 Å². The Balaban J connectivity index is 2.06. The van der Waals surface area contributed by atoms with Gasteiger partial charge in [0.15, 0.2) is 5.69 Å². The Labute approximate surface area is 272 Å². The van der Waals surface area contributed by atoms with Crippen LogP contribution in [0.25, 0.3) is 11.3 Å². The molecule has 12 nitrogen and oxygen atoms in total. The lowest BCUT2D eigenvalue weighted by molar-refractivity contribution is -0.156. The zero-order valence-electron chi connectivity index (χ0n) is 27.4. The van der Waals surface area contributed by atoms with Gasteiger partial charge in [0.2, 0.25) is 0 Å². The molecule has 250 valence electrons. The molecule has 13 heteroatoms. The molecule has 0 bridgehead atoms. The molecule has 0 unspecified atom stereocenters. The highest BCUT2D eigenvalue weighted by Crippen LogP contribution is 2.39. The molecule has 0 N–H and O–H groups in total. The van der Waals surface area contributed by atoms with Crippen LogP contribution in [0.3, 0.4) is 0 Å². The van der Waals surface area contributed by atoms with E-state index in [2.05, 4.69) is 10.2 Å². The van der Waals surface area contributed by atoms with Gasteiger partial charge in [-0.25, -0.2) is 28.6 Å². The Bertz CT molecular complexity index is 1620. The van der Waals surface area contributed by atoms with E-state index in [1.807, 2.05) is 0 Å². The highest BCUT2D eigenvalue weighted by molar-refractivity contribution is 6.09. The van der Waals surface area contributed by atoms with Crippen LogP contribution < -0.4 is 4.90 Å². The van der Waals surface area contributed by atoms with E-state index in [0.29, 0.717) is 24.9 Å². The molecule has 0 aliphatic carbocycles. The van der Waals surface area contributed by atoms with Crippen LogP contribution in [0.15, 0.2) is 36.4 Å². The van der Waals surface area contributed by atoms with Crippen LogP contribution in [0.1, 0.15) is 96.8 Å². The summed E-state index contributed by atoms with van der Waals surface area (Å²) in [6.45, 7) is 10.7. The van der Waals surface area contributed by atoms with E-state index in [0.717, 1.165) is 0 Å². The highest BCUT2D eigenvalue weighted by Gasteiger charge is 2.40. The Morgan fingerprint density at radius 1 is 0.851 bits per heavy atom. The summed E-state index contributed by atoms with van der Waals surface area (Å²) < 4.78 is 35.5. The van der Waals surface area contributed by atoms with E-state index in [-0.39, 0.29) is 65.8 Å². The maximum atomic E-state index is 13.9. The molecule has 0 amide bonds. The summed E-state index contributed by atoms with van der Waals surface area (Å²) in [6, 6.07) is 7.67. The number of carbonyl (C=O) groups excluding carboxylic acids is 4. The predicted octanol–water partition coefficient (Wildman–Crippen LogP) is 5.11. The lowest BCUT2D eigenvalue weighted by Gasteiger charge is -2.30. The number of benzene rings is 1. The zero-order valence-corrected chi connectivity index (χ0v) is 27.4. The topological polar surface area (TPSA) is 147 Å². The van der Waals surface area contributed by atoms with E-state index in [1.54, 1.807) is 58.6 Å². The van der Waals surface area contributed by atoms with Crippen molar-refractivity contribution in [1.82, 2.24) is 15.2 Å². The van der Waals surface area contributed by atoms with Crippen LogP contribution in [-0.2, 0) is 30.2 Å². The van der Waals surface area contributed by atoms with Crippen molar-refractivity contribution < 1.29 is 42.5 Å². The Kier molecular flexibility index (Phi) is 11.2. The minimum atomic E-state index is -0.824. The monoisotopic (exact) mass is 650 g/mol. The van der Waals surface area contributed by atoms with Gasteiger partial charge in [-0.1, -0.05) is 12.1 Å². The molecular formula is C34H39FN4O8. The van der Waals surface area contributed by atoms with Crippen molar-refractivity contribution in [2.45, 2.75) is 72.4 Å². The second-order valence-corrected chi connectivity index (χ2v) is 11.7. The maximum absolute atomic E-state index is 13.9. The lowest BCUT2D eigenvalue weighted by atomic mass is 9.93. The first kappa shape index (κ1) is 34.9. The molecule has 1 fully saturated rings. The summed E-state index contributed by atoms with van der Waals surface area (Å²) in [7, 11) is 0. The summed E-state index contributed by atoms with van der Waals surface area (Å²) in [5, 5.41) is 8.26. The molecule has 1 saturated heterocycles. The molecule has 1 aliphatic rings. The molecule has 2 aromatic heterocycles. The minimum Gasteiger partial charge on any atom is -0.462 e. The molecule has 3 heterocycles. The normalized spacial score (nSPS) is 14.4. The summed E-state index contributed by atoms with van der Waals surface area (Å²) in [4.78, 5) is 60.0. The third-order valence-electron chi connectivity index (χ3n) is 7.11. The van der Waals surface area contributed by atoms with Crippen LogP contribution in [0.4, 0.5) is 10.2 Å². The second-order valence-electron chi connectivity index (χ2n) is 11.7. The Morgan fingerprint density at radius 3 is 2.04 bits per heavy atom. The largest absolute Gasteiger partial charge is 0.462 e. The van der Waals surface area contributed by atoms with Crippen LogP contribution in [0.5, 0.6) is 0 Å². The van der Waals surface area contributed by atoms with Crippen molar-refractivity contribution in [3.8, 4) is 11.3 Å². The molecule has 3 aromatic rings. The lowest BCUT2D eigenvalue weighted by Crippen LogP contribution is -2.42. The number of anilines is 1. The fourth-order valence-corrected chi connectivity index (χ4v) is 5.24. The first-order valence-corrected chi connectivity index (χ1v) is 15.5. The van der Waals surface area contributed by atoms with Crippen LogP contribution in [-0.4, -0.2) is 77.1 Å². The molecule has 0 saturated carbocycles. The molecule has 4 rings (SSSR count). The zero-order chi connectivity index (χ0) is 34.3. The third-order valence-corrected chi connectivity index (χ3v) is 7.11. The van der Waals surface area contributed by atoms with E-state index < -0.39 is 41.3 Å². The van der Waals surface area contributed by atoms with Gasteiger partial charge >= 0.3 is 23.9 Å². The van der Waals surface area contributed by atoms with Gasteiger partial charge in [-0.3, -0.25) is 0 Å². The number of nitrogens with zero attached hydrogens (tertiary/aromatic N) is 4. The summed E-state index contributed by atoms with van der Waals surface area (Å²) in [5.41, 5.74) is -0.246. The Hall–Kier alpha value is -4.94. The van der Waals surface area contributed by atoms with Gasteiger partial charge in [0.25, 0.3) is 0 Å². The predicted molar refractivity (Wildman–Crippen MR) is 169 cm³/mol.